The third-order valence-electron chi connectivity index (χ3n) is 5.93. The van der Waals surface area contributed by atoms with E-state index in [1.165, 1.54) is 6.92 Å². The Hall–Kier alpha value is -3.41. The fraction of sp³-hybridized carbons (Fsp3) is 0.320. The Labute approximate surface area is 182 Å². The van der Waals surface area contributed by atoms with Crippen molar-refractivity contribution in [1.29, 1.82) is 0 Å². The summed E-state index contributed by atoms with van der Waals surface area (Å²) in [5.74, 6) is -0.151. The second kappa shape index (κ2) is 9.16. The minimum Gasteiger partial charge on any atom is -0.352 e. The van der Waals surface area contributed by atoms with Crippen molar-refractivity contribution in [2.24, 2.45) is 0 Å². The van der Waals surface area contributed by atoms with Crippen LogP contribution in [0.25, 0.3) is 6.08 Å². The van der Waals surface area contributed by atoms with E-state index >= 15 is 0 Å². The fourth-order valence-electron chi connectivity index (χ4n) is 4.23. The molecule has 2 aliphatic rings. The highest BCUT2D eigenvalue weighted by Crippen LogP contribution is 2.32. The van der Waals surface area contributed by atoms with Gasteiger partial charge < -0.3 is 15.1 Å². The van der Waals surface area contributed by atoms with Crippen LogP contribution >= 0.6 is 0 Å². The molecular formula is C25H27N3O3. The predicted octanol–water partition coefficient (Wildman–Crippen LogP) is 3.50. The standard InChI is InChI=1S/C25H27N3O3/c1-18(29)28-15-12-20-6-2-3-7-22(20)23(28)16-24(30)26-17-19-8-10-21(11-9-19)25(31)27-13-4-5-14-27/h2-3,6-12,15,23H,4-5,13-14,16-17H2,1H3,(H,26,30). The van der Waals surface area contributed by atoms with E-state index in [1.807, 2.05) is 59.5 Å². The highest BCUT2D eigenvalue weighted by Gasteiger charge is 2.28. The molecule has 1 N–H and O–H groups in total. The first-order valence-electron chi connectivity index (χ1n) is 10.7. The van der Waals surface area contributed by atoms with Crippen molar-refractivity contribution in [3.63, 3.8) is 0 Å². The molecule has 2 aromatic rings. The summed E-state index contributed by atoms with van der Waals surface area (Å²) in [5, 5.41) is 2.94. The van der Waals surface area contributed by atoms with E-state index in [0.29, 0.717) is 12.1 Å². The maximum atomic E-state index is 12.7. The van der Waals surface area contributed by atoms with Crippen LogP contribution in [-0.2, 0) is 16.1 Å². The molecule has 0 saturated carbocycles. The van der Waals surface area contributed by atoms with E-state index < -0.39 is 0 Å². The molecule has 2 aromatic carbocycles. The Morgan fingerprint density at radius 1 is 1.00 bits per heavy atom. The zero-order chi connectivity index (χ0) is 21.8. The second-order valence-electron chi connectivity index (χ2n) is 8.06. The maximum Gasteiger partial charge on any atom is 0.253 e. The third-order valence-corrected chi connectivity index (χ3v) is 5.93. The second-order valence-corrected chi connectivity index (χ2v) is 8.06. The predicted molar refractivity (Wildman–Crippen MR) is 119 cm³/mol. The molecule has 2 aliphatic heterocycles. The Kier molecular flexibility index (Phi) is 6.16. The van der Waals surface area contributed by atoms with Gasteiger partial charge in [0, 0.05) is 38.3 Å². The highest BCUT2D eigenvalue weighted by molar-refractivity contribution is 5.94. The van der Waals surface area contributed by atoms with Gasteiger partial charge in [-0.25, -0.2) is 0 Å². The molecule has 160 valence electrons. The molecule has 0 aliphatic carbocycles. The summed E-state index contributed by atoms with van der Waals surface area (Å²) in [5.41, 5.74) is 3.61. The lowest BCUT2D eigenvalue weighted by molar-refractivity contribution is -0.130. The van der Waals surface area contributed by atoms with Gasteiger partial charge >= 0.3 is 0 Å². The number of hydrogen-bond acceptors (Lipinski definition) is 3. The molecule has 1 atom stereocenters. The monoisotopic (exact) mass is 417 g/mol. The minimum absolute atomic E-state index is 0.0708. The van der Waals surface area contributed by atoms with Gasteiger partial charge in [0.1, 0.15) is 0 Å². The zero-order valence-corrected chi connectivity index (χ0v) is 17.7. The Balaban J connectivity index is 1.37. The summed E-state index contributed by atoms with van der Waals surface area (Å²) in [4.78, 5) is 40.7. The number of benzene rings is 2. The first-order valence-corrected chi connectivity index (χ1v) is 10.7. The van der Waals surface area contributed by atoms with E-state index in [4.69, 9.17) is 0 Å². The molecule has 0 aromatic heterocycles. The van der Waals surface area contributed by atoms with E-state index in [2.05, 4.69) is 5.32 Å². The van der Waals surface area contributed by atoms with E-state index in [-0.39, 0.29) is 30.2 Å². The smallest absolute Gasteiger partial charge is 0.253 e. The number of nitrogens with one attached hydrogen (secondary N) is 1. The van der Waals surface area contributed by atoms with Crippen LogP contribution in [0.1, 0.15) is 59.3 Å². The average Bonchev–Trinajstić information content (AvgIpc) is 3.32. The van der Waals surface area contributed by atoms with Crippen molar-refractivity contribution in [1.82, 2.24) is 15.1 Å². The van der Waals surface area contributed by atoms with Crippen LogP contribution in [0.15, 0.2) is 54.7 Å². The number of carbonyl (C=O) groups excluding carboxylic acids is 3. The van der Waals surface area contributed by atoms with Gasteiger partial charge in [0.25, 0.3) is 5.91 Å². The number of likely N-dealkylation sites (tertiary alicyclic amines) is 1. The Bertz CT molecular complexity index is 1010. The molecule has 0 spiro atoms. The van der Waals surface area contributed by atoms with Crippen molar-refractivity contribution in [2.45, 2.75) is 38.8 Å². The first-order chi connectivity index (χ1) is 15.0. The number of fused-ring (bicyclic) bond motifs is 1. The van der Waals surface area contributed by atoms with Crippen LogP contribution in [0.4, 0.5) is 0 Å². The van der Waals surface area contributed by atoms with Crippen LogP contribution in [0.2, 0.25) is 0 Å². The molecule has 0 bridgehead atoms. The summed E-state index contributed by atoms with van der Waals surface area (Å²) in [6, 6.07) is 14.9. The van der Waals surface area contributed by atoms with Gasteiger partial charge in [-0.15, -0.1) is 0 Å². The molecule has 3 amide bonds. The molecule has 4 rings (SSSR count). The maximum absolute atomic E-state index is 12.7. The van der Waals surface area contributed by atoms with Crippen molar-refractivity contribution in [3.05, 3.63) is 77.0 Å². The fourth-order valence-corrected chi connectivity index (χ4v) is 4.23. The Morgan fingerprint density at radius 3 is 2.42 bits per heavy atom. The van der Waals surface area contributed by atoms with E-state index in [9.17, 15) is 14.4 Å². The van der Waals surface area contributed by atoms with Gasteiger partial charge in [-0.1, -0.05) is 36.4 Å². The van der Waals surface area contributed by atoms with Gasteiger partial charge in [-0.3, -0.25) is 14.4 Å². The number of rotatable bonds is 5. The zero-order valence-electron chi connectivity index (χ0n) is 17.7. The number of nitrogens with zero attached hydrogens (tertiary/aromatic N) is 2. The van der Waals surface area contributed by atoms with Gasteiger partial charge in [0.05, 0.1) is 12.5 Å². The summed E-state index contributed by atoms with van der Waals surface area (Å²) >= 11 is 0. The van der Waals surface area contributed by atoms with Crippen molar-refractivity contribution in [2.75, 3.05) is 13.1 Å². The largest absolute Gasteiger partial charge is 0.352 e. The summed E-state index contributed by atoms with van der Waals surface area (Å²) < 4.78 is 0. The molecule has 6 nitrogen and oxygen atoms in total. The van der Waals surface area contributed by atoms with E-state index in [1.54, 1.807) is 11.1 Å². The van der Waals surface area contributed by atoms with Gasteiger partial charge in [0.15, 0.2) is 0 Å². The topological polar surface area (TPSA) is 69.7 Å². The quantitative estimate of drug-likeness (QED) is 0.810. The van der Waals surface area contributed by atoms with E-state index in [0.717, 1.165) is 42.6 Å². The molecule has 0 radical (unpaired) electrons. The van der Waals surface area contributed by atoms with Crippen molar-refractivity contribution in [3.8, 4) is 0 Å². The van der Waals surface area contributed by atoms with Gasteiger partial charge in [-0.05, 0) is 47.7 Å². The van der Waals surface area contributed by atoms with Crippen LogP contribution in [-0.4, -0.2) is 40.6 Å². The lowest BCUT2D eigenvalue weighted by Crippen LogP contribution is -2.35. The average molecular weight is 418 g/mol. The molecule has 1 saturated heterocycles. The van der Waals surface area contributed by atoms with Crippen molar-refractivity contribution < 1.29 is 14.4 Å². The lowest BCUT2D eigenvalue weighted by atomic mass is 9.93. The van der Waals surface area contributed by atoms with Crippen LogP contribution in [0.3, 0.4) is 0 Å². The highest BCUT2D eigenvalue weighted by atomic mass is 16.2. The molecule has 6 heteroatoms. The molecule has 2 heterocycles. The Morgan fingerprint density at radius 2 is 1.71 bits per heavy atom. The normalized spacial score (nSPS) is 17.4. The number of amides is 3. The third kappa shape index (κ3) is 4.68. The summed E-state index contributed by atoms with van der Waals surface area (Å²) in [6.45, 7) is 3.54. The summed E-state index contributed by atoms with van der Waals surface area (Å²) in [7, 11) is 0. The SMILES string of the molecule is CC(=O)N1C=Cc2ccccc2C1CC(=O)NCc1ccc(C(=O)N2CCCC2)cc1. The van der Waals surface area contributed by atoms with Crippen molar-refractivity contribution >= 4 is 23.8 Å². The van der Waals surface area contributed by atoms with Gasteiger partial charge in [-0.2, -0.15) is 0 Å². The minimum atomic E-state index is -0.320. The number of hydrogen-bond donors (Lipinski definition) is 1. The van der Waals surface area contributed by atoms with Gasteiger partial charge in [0.2, 0.25) is 11.8 Å². The number of carbonyl (C=O) groups is 3. The summed E-state index contributed by atoms with van der Waals surface area (Å²) in [6.07, 6.45) is 5.97. The first kappa shape index (κ1) is 20.8. The van der Waals surface area contributed by atoms with Crippen LogP contribution in [0.5, 0.6) is 0 Å². The molecule has 1 fully saturated rings. The molecular weight excluding hydrogens is 390 g/mol. The molecule has 31 heavy (non-hydrogen) atoms. The lowest BCUT2D eigenvalue weighted by Gasteiger charge is -2.32. The van der Waals surface area contributed by atoms with Crippen LogP contribution < -0.4 is 5.32 Å². The molecule has 1 unspecified atom stereocenters. The van der Waals surface area contributed by atoms with Crippen LogP contribution in [0, 0.1) is 0 Å².